The molecule has 252 valence electrons. The summed E-state index contributed by atoms with van der Waals surface area (Å²) in [5.74, 6) is -0.466. The van der Waals surface area contributed by atoms with E-state index in [0.717, 1.165) is 32.0 Å². The zero-order chi connectivity index (χ0) is 35.2. The van der Waals surface area contributed by atoms with Gasteiger partial charge in [0, 0.05) is 32.4 Å². The number of hydrogen-bond acceptors (Lipinski definition) is 8. The van der Waals surface area contributed by atoms with E-state index in [0.29, 0.717) is 22.6 Å². The number of hydrogen-bond donors (Lipinski definition) is 2. The number of carbonyl (C=O) groups excluding carboxylic acids is 2. The van der Waals surface area contributed by atoms with E-state index in [4.69, 9.17) is 26.5 Å². The van der Waals surface area contributed by atoms with Crippen LogP contribution in [-0.4, -0.2) is 22.2 Å². The molecule has 0 aromatic heterocycles. The number of esters is 2. The van der Waals surface area contributed by atoms with E-state index in [2.05, 4.69) is 0 Å². The van der Waals surface area contributed by atoms with Crippen LogP contribution in [0.3, 0.4) is 0 Å². The summed E-state index contributed by atoms with van der Waals surface area (Å²) in [6.07, 6.45) is 0. The van der Waals surface area contributed by atoms with Crippen LogP contribution >= 0.6 is 40.5 Å². The molecule has 0 spiro atoms. The van der Waals surface area contributed by atoms with Crippen molar-refractivity contribution in [2.45, 2.75) is 48.4 Å². The van der Waals surface area contributed by atoms with E-state index in [-0.39, 0.29) is 35.8 Å². The van der Waals surface area contributed by atoms with Crippen LogP contribution in [0.25, 0.3) is 0 Å². The number of ether oxygens (including phenoxy) is 2. The van der Waals surface area contributed by atoms with Gasteiger partial charge >= 0.3 is 49.8 Å². The predicted molar refractivity (Wildman–Crippen MR) is 194 cm³/mol. The first kappa shape index (κ1) is 38.6. The van der Waals surface area contributed by atoms with Crippen LogP contribution in [0.2, 0.25) is 0 Å². The number of aryl methyl sites for hydroxylation is 2. The number of phenols is 2. The Balaban J connectivity index is 0.00000174. The second-order valence-corrected chi connectivity index (χ2v) is 16.6. The van der Waals surface area contributed by atoms with E-state index in [9.17, 15) is 19.8 Å². The minimum atomic E-state index is -0.826. The van der Waals surface area contributed by atoms with E-state index in [1.165, 1.54) is 23.5 Å². The Kier molecular flexibility index (Phi) is 15.6. The maximum atomic E-state index is 12.9. The van der Waals surface area contributed by atoms with Crippen LogP contribution in [0.4, 0.5) is 0 Å². The minimum absolute atomic E-state index is 0.0855. The van der Waals surface area contributed by atoms with Gasteiger partial charge in [0.1, 0.15) is 35.8 Å². The number of carbonyl (C=O) groups is 2. The summed E-state index contributed by atoms with van der Waals surface area (Å²) in [4.78, 5) is 27.7. The van der Waals surface area contributed by atoms with E-state index < -0.39 is 32.8 Å². The van der Waals surface area contributed by atoms with Gasteiger partial charge in [-0.15, -0.1) is 23.5 Å². The van der Waals surface area contributed by atoms with Gasteiger partial charge in [-0.3, -0.25) is 0 Å². The molecule has 0 saturated heterocycles. The molecule has 5 rings (SSSR count). The quantitative estimate of drug-likeness (QED) is 0.0951. The van der Waals surface area contributed by atoms with E-state index >= 15 is 0 Å². The average molecular weight is 813 g/mol. The molecule has 2 N–H and O–H groups in total. The first-order valence-corrected chi connectivity index (χ1v) is 23.4. The Bertz CT molecular complexity index is 1730. The molecular weight excluding hydrogens is 779 g/mol. The first-order valence-electron chi connectivity index (χ1n) is 15.1. The number of rotatable bonds is 12. The summed E-state index contributed by atoms with van der Waals surface area (Å²) in [6, 6.07) is 33.7. The molecule has 0 fully saturated rings. The van der Waals surface area contributed by atoms with Gasteiger partial charge in [0.2, 0.25) is 0 Å². The first-order chi connectivity index (χ1) is 23.7. The molecule has 0 aliphatic rings. The van der Waals surface area contributed by atoms with Crippen LogP contribution < -0.4 is 0 Å². The Morgan fingerprint density at radius 1 is 0.612 bits per heavy atom. The van der Waals surface area contributed by atoms with Gasteiger partial charge in [-0.05, 0) is 60.4 Å². The van der Waals surface area contributed by atoms with Crippen molar-refractivity contribution in [1.29, 1.82) is 0 Å². The molecule has 0 heterocycles. The molecule has 0 amide bonds. The summed E-state index contributed by atoms with van der Waals surface area (Å²) < 4.78 is 11.0. The molecular formula is C38H34Cl2O6S2Zr. The molecule has 5 aromatic carbocycles. The summed E-state index contributed by atoms with van der Waals surface area (Å²) in [6.45, 7) is 4.00. The van der Waals surface area contributed by atoms with Gasteiger partial charge in [0.15, 0.2) is 0 Å². The standard InChI is InChI=1S/C38H34O6S2.2ClH.Zr/c1-25-17-29(35(39)31(19-25)37(41)43-21-27-11-5-3-6-12-27)23-45-33-15-9-10-16-34(33)46-24-30-18-26(2)20-32(36(30)40)38(42)44-22-28-13-7-4-8-14-28;;;/h3-20,39-40H,21-24H2,1-2H3;2*1H;/q;;;+2/p-2. The fraction of sp³-hybridized carbons (Fsp3) is 0.158. The molecule has 0 unspecified atom stereocenters. The van der Waals surface area contributed by atoms with Crippen molar-refractivity contribution in [3.63, 3.8) is 0 Å². The molecule has 0 aliphatic heterocycles. The molecule has 0 bridgehead atoms. The molecule has 11 heteroatoms. The molecule has 0 saturated carbocycles. The Labute approximate surface area is 313 Å². The summed E-state index contributed by atoms with van der Waals surface area (Å²) in [5.41, 5.74) is 4.96. The number of aromatic hydroxyl groups is 2. The van der Waals surface area contributed by atoms with Crippen LogP contribution in [-0.2, 0) is 55.0 Å². The van der Waals surface area contributed by atoms with Crippen molar-refractivity contribution in [3.05, 3.63) is 154 Å². The van der Waals surface area contributed by atoms with E-state index in [1.54, 1.807) is 12.1 Å². The van der Waals surface area contributed by atoms with Crippen LogP contribution in [0.5, 0.6) is 11.5 Å². The molecule has 0 atom stereocenters. The van der Waals surface area contributed by atoms with Crippen molar-refractivity contribution in [2.75, 3.05) is 0 Å². The molecule has 49 heavy (non-hydrogen) atoms. The van der Waals surface area contributed by atoms with Crippen molar-refractivity contribution in [3.8, 4) is 11.5 Å². The summed E-state index contributed by atoms with van der Waals surface area (Å²) in [7, 11) is 9.87. The average Bonchev–Trinajstić information content (AvgIpc) is 3.11. The van der Waals surface area contributed by atoms with Crippen molar-refractivity contribution in [2.24, 2.45) is 0 Å². The molecule has 6 nitrogen and oxygen atoms in total. The second kappa shape index (κ2) is 19.9. The number of phenolic OH excluding ortho intramolecular Hbond substituents is 2. The van der Waals surface area contributed by atoms with Gasteiger partial charge in [-0.25, -0.2) is 9.59 Å². The second-order valence-electron chi connectivity index (χ2n) is 10.9. The number of benzene rings is 5. The van der Waals surface area contributed by atoms with Crippen molar-refractivity contribution in [1.82, 2.24) is 0 Å². The van der Waals surface area contributed by atoms with Crippen LogP contribution in [0.15, 0.2) is 119 Å². The fourth-order valence-electron chi connectivity index (χ4n) is 4.84. The van der Waals surface area contributed by atoms with Gasteiger partial charge in [-0.2, -0.15) is 0 Å². The maximum absolute atomic E-state index is 12.9. The Morgan fingerprint density at radius 3 is 1.33 bits per heavy atom. The zero-order valence-corrected chi connectivity index (χ0v) is 32.4. The number of thioether (sulfide) groups is 2. The SMILES string of the molecule is Cc1cc(CSc2ccccc2SCc2cc(C)cc(C(=O)OCc3ccccc3)c2O)c(O)c(C(=O)OCc2ccccc2)c1.[Cl][Zr][Cl]. The predicted octanol–water partition coefficient (Wildman–Crippen LogP) is 10.4. The third-order valence-electron chi connectivity index (χ3n) is 7.15. The molecule has 5 aromatic rings. The third-order valence-corrected chi connectivity index (χ3v) is 9.52. The topological polar surface area (TPSA) is 93.1 Å². The summed E-state index contributed by atoms with van der Waals surface area (Å²) >= 11 is 2.25. The number of halogens is 2. The van der Waals surface area contributed by atoms with Crippen LogP contribution in [0, 0.1) is 13.8 Å². The molecule has 0 aliphatic carbocycles. The van der Waals surface area contributed by atoms with Crippen molar-refractivity contribution >= 4 is 52.5 Å². The van der Waals surface area contributed by atoms with Gasteiger partial charge < -0.3 is 19.7 Å². The van der Waals surface area contributed by atoms with Gasteiger partial charge in [0.25, 0.3) is 0 Å². The third kappa shape index (κ3) is 11.7. The Hall–Kier alpha value is -3.20. The zero-order valence-electron chi connectivity index (χ0n) is 26.8. The van der Waals surface area contributed by atoms with E-state index in [1.807, 2.05) is 111 Å². The fourth-order valence-corrected chi connectivity index (χ4v) is 7.03. The normalized spacial score (nSPS) is 10.4. The van der Waals surface area contributed by atoms with Gasteiger partial charge in [-0.1, -0.05) is 84.9 Å². The monoisotopic (exact) mass is 810 g/mol. The molecule has 0 radical (unpaired) electrons. The van der Waals surface area contributed by atoms with Gasteiger partial charge in [0.05, 0.1) is 0 Å². The van der Waals surface area contributed by atoms with Crippen LogP contribution in [0.1, 0.15) is 54.1 Å². The van der Waals surface area contributed by atoms with Crippen molar-refractivity contribution < 1.29 is 50.1 Å². The summed E-state index contributed by atoms with van der Waals surface area (Å²) in [5, 5.41) is 22.1. The Morgan fingerprint density at radius 2 is 0.959 bits per heavy atom.